The van der Waals surface area contributed by atoms with Gasteiger partial charge in [-0.2, -0.15) is 0 Å². The number of aromatic nitrogens is 1. The minimum Gasteiger partial charge on any atom is -0.460 e. The Balaban J connectivity index is 0.916. The van der Waals surface area contributed by atoms with Gasteiger partial charge in [0.05, 0.1) is 30.8 Å². The molecule has 0 bridgehead atoms. The highest BCUT2D eigenvalue weighted by Gasteiger charge is 2.43. The van der Waals surface area contributed by atoms with Crippen LogP contribution in [-0.2, 0) is 62.0 Å². The largest absolute Gasteiger partial charge is 0.460 e. The summed E-state index contributed by atoms with van der Waals surface area (Å²) in [6, 6.07) is -0.175. The molecule has 1 aromatic heterocycles. The van der Waals surface area contributed by atoms with Crippen LogP contribution in [0.5, 0.6) is 0 Å². The van der Waals surface area contributed by atoms with Crippen molar-refractivity contribution in [1.82, 2.24) is 41.8 Å². The van der Waals surface area contributed by atoms with E-state index in [2.05, 4.69) is 36.9 Å². The van der Waals surface area contributed by atoms with Gasteiger partial charge >= 0.3 is 23.9 Å². The molecule has 4 atom stereocenters. The summed E-state index contributed by atoms with van der Waals surface area (Å²) < 4.78 is 28.6. The molecule has 4 aliphatic rings. The van der Waals surface area contributed by atoms with Crippen LogP contribution in [0.3, 0.4) is 0 Å². The van der Waals surface area contributed by atoms with Gasteiger partial charge in [0, 0.05) is 82.3 Å². The highest BCUT2D eigenvalue weighted by molar-refractivity contribution is 5.90. The number of hydrogen-bond acceptors (Lipinski definition) is 15. The van der Waals surface area contributed by atoms with E-state index in [1.807, 2.05) is 6.07 Å². The van der Waals surface area contributed by atoms with Gasteiger partial charge < -0.3 is 60.5 Å². The summed E-state index contributed by atoms with van der Waals surface area (Å²) in [6.07, 6.45) is 13.1. The van der Waals surface area contributed by atoms with Gasteiger partial charge in [0.25, 0.3) is 0 Å². The number of ether oxygens (including phenoxy) is 5. The molecule has 2 heterocycles. The molecule has 1 saturated heterocycles. The van der Waals surface area contributed by atoms with E-state index >= 15 is 0 Å². The van der Waals surface area contributed by atoms with Crippen LogP contribution in [0.25, 0.3) is 0 Å². The number of rotatable bonds is 25. The van der Waals surface area contributed by atoms with E-state index < -0.39 is 58.7 Å². The molecule has 0 aromatic carbocycles. The average Bonchev–Trinajstić information content (AvgIpc) is 3.84. The van der Waals surface area contributed by atoms with Gasteiger partial charge in [0.15, 0.2) is 0 Å². The summed E-state index contributed by atoms with van der Waals surface area (Å²) in [6.45, 7) is 16.5. The Labute approximate surface area is 478 Å². The first-order valence-corrected chi connectivity index (χ1v) is 29.4. The Morgan fingerprint density at radius 2 is 1.11 bits per heavy atom. The van der Waals surface area contributed by atoms with Crippen LogP contribution in [0.2, 0.25) is 0 Å². The zero-order valence-corrected chi connectivity index (χ0v) is 49.7. The number of esters is 3. The molecule has 3 aliphatic carbocycles. The van der Waals surface area contributed by atoms with E-state index in [1.54, 1.807) is 92.7 Å². The minimum atomic E-state index is -1.25. The lowest BCUT2D eigenvalue weighted by Crippen LogP contribution is -2.53. The van der Waals surface area contributed by atoms with Crippen molar-refractivity contribution in [2.75, 3.05) is 26.8 Å². The van der Waals surface area contributed by atoms with Crippen LogP contribution in [0.1, 0.15) is 196 Å². The normalized spacial score (nSPS) is 24.1. The smallest absolute Gasteiger partial charge is 0.329 e. The Bertz CT molecular complexity index is 2260. The summed E-state index contributed by atoms with van der Waals surface area (Å²) in [5.74, 6) is -3.26. The summed E-state index contributed by atoms with van der Waals surface area (Å²) >= 11 is 0. The van der Waals surface area contributed by atoms with Gasteiger partial charge in [0.1, 0.15) is 28.9 Å². The lowest BCUT2D eigenvalue weighted by atomic mass is 9.84. The molecule has 7 amide bonds. The monoisotopic (exact) mass is 1140 g/mol. The Hall–Kier alpha value is -5.90. The molecule has 1 aromatic rings. The number of amides is 7. The van der Waals surface area contributed by atoms with Gasteiger partial charge in [-0.1, -0.05) is 6.07 Å². The predicted molar refractivity (Wildman–Crippen MR) is 300 cm³/mol. The second-order valence-electron chi connectivity index (χ2n) is 25.3. The van der Waals surface area contributed by atoms with Crippen molar-refractivity contribution in [2.45, 2.75) is 250 Å². The zero-order valence-electron chi connectivity index (χ0n) is 49.7. The van der Waals surface area contributed by atoms with Crippen molar-refractivity contribution in [3.05, 3.63) is 30.1 Å². The second kappa shape index (κ2) is 31.0. The van der Waals surface area contributed by atoms with Crippen LogP contribution >= 0.6 is 0 Å². The third-order valence-corrected chi connectivity index (χ3v) is 14.8. The van der Waals surface area contributed by atoms with Crippen molar-refractivity contribution in [3.8, 4) is 0 Å². The van der Waals surface area contributed by atoms with E-state index in [0.717, 1.165) is 44.1 Å². The van der Waals surface area contributed by atoms with Gasteiger partial charge in [-0.05, 0) is 170 Å². The third kappa shape index (κ3) is 23.8. The summed E-state index contributed by atoms with van der Waals surface area (Å²) in [4.78, 5) is 123. The van der Waals surface area contributed by atoms with Gasteiger partial charge in [-0.15, -0.1) is 0 Å². The van der Waals surface area contributed by atoms with E-state index in [0.29, 0.717) is 71.1 Å². The molecule has 5 rings (SSSR count). The van der Waals surface area contributed by atoms with Crippen LogP contribution in [0.4, 0.5) is 4.79 Å². The van der Waals surface area contributed by atoms with Crippen molar-refractivity contribution in [1.29, 1.82) is 0 Å². The number of urea groups is 1. The number of nitrogens with one attached hydrogen (secondary N) is 6. The Kier molecular flexibility index (Phi) is 25.2. The van der Waals surface area contributed by atoms with Crippen molar-refractivity contribution in [2.24, 2.45) is 11.8 Å². The minimum absolute atomic E-state index is 0.0133. The highest BCUT2D eigenvalue weighted by atomic mass is 16.6. The molecule has 1 aliphatic heterocycles. The lowest BCUT2D eigenvalue weighted by Gasteiger charge is -2.33. The fourth-order valence-corrected chi connectivity index (χ4v) is 10.8. The van der Waals surface area contributed by atoms with Crippen molar-refractivity contribution >= 4 is 53.5 Å². The number of likely N-dealkylation sites (tertiary alicyclic amines) is 1. The summed E-state index contributed by atoms with van der Waals surface area (Å²) in [5.41, 5.74) is -1.69. The van der Waals surface area contributed by atoms with Crippen molar-refractivity contribution in [3.63, 3.8) is 0 Å². The number of pyridine rings is 1. The Morgan fingerprint density at radius 3 is 1.63 bits per heavy atom. The molecule has 0 unspecified atom stereocenters. The van der Waals surface area contributed by atoms with Crippen LogP contribution in [0, 0.1) is 11.8 Å². The quantitative estimate of drug-likeness (QED) is 0.0390. The molecule has 3 saturated carbocycles. The molecule has 0 radical (unpaired) electrons. The standard InChI is InChI=1S/C59H94N8O14/c1-57(2,3)79-50(71)30-28-46(55(75)81-59(7,8)9)66-56(76)65-45(54(74)80-58(4,5)6)27-29-48(69)63-40-19-21-41(22-20-40)64-52(72)37-15-17-39(18-16-37)62-47(68)14-12-33-77-42-23-25-43(26-24-42)78-34-32-61-53(73)44-35-49(70)67(10)51(44)38-13-11-31-60-36-38/h11,13,31,36-37,39-46,51H,12,14-30,32-35H2,1-10H3,(H,61,73)(H,62,68)(H,63,69)(H,64,72)(H2,65,66,76)/t37?,39?,40?,41?,42?,43?,44-,45-,46-,51+/m0/s1. The maximum absolute atomic E-state index is 13.4. The van der Waals surface area contributed by atoms with Crippen LogP contribution in [-0.4, -0.2) is 149 Å². The van der Waals surface area contributed by atoms with Gasteiger partial charge in [0.2, 0.25) is 29.5 Å². The van der Waals surface area contributed by atoms with Gasteiger partial charge in [-0.3, -0.25) is 33.8 Å². The fourth-order valence-electron chi connectivity index (χ4n) is 10.8. The van der Waals surface area contributed by atoms with Gasteiger partial charge in [-0.25, -0.2) is 14.4 Å². The third-order valence-electron chi connectivity index (χ3n) is 14.8. The topological polar surface area (TPSA) is 288 Å². The second-order valence-corrected chi connectivity index (χ2v) is 25.3. The first-order valence-electron chi connectivity index (χ1n) is 29.4. The predicted octanol–water partition coefficient (Wildman–Crippen LogP) is 5.68. The lowest BCUT2D eigenvalue weighted by molar-refractivity contribution is -0.159. The van der Waals surface area contributed by atoms with E-state index in [4.69, 9.17) is 23.7 Å². The first-order chi connectivity index (χ1) is 38.1. The zero-order chi connectivity index (χ0) is 59.5. The molecule has 6 N–H and O–H groups in total. The van der Waals surface area contributed by atoms with Crippen LogP contribution in [0.15, 0.2) is 24.5 Å². The summed E-state index contributed by atoms with van der Waals surface area (Å²) in [7, 11) is 1.72. The number of carbonyl (C=O) groups is 9. The number of nitrogens with zero attached hydrogens (tertiary/aromatic N) is 2. The fraction of sp³-hybridized carbons (Fsp3) is 0.763. The maximum Gasteiger partial charge on any atom is 0.329 e. The first kappa shape index (κ1) is 65.9. The molecule has 22 nitrogen and oxygen atoms in total. The van der Waals surface area contributed by atoms with E-state index in [9.17, 15) is 43.2 Å². The van der Waals surface area contributed by atoms with Crippen molar-refractivity contribution < 1.29 is 66.8 Å². The number of carbonyl (C=O) groups excluding carboxylic acids is 9. The molecule has 4 fully saturated rings. The highest BCUT2D eigenvalue weighted by Crippen LogP contribution is 2.37. The average molecular weight is 1140 g/mol. The molecular weight excluding hydrogens is 1040 g/mol. The SMILES string of the molecule is CN1C(=O)C[C@H](C(=O)NCCOC2CCC(OCCCC(=O)NC3CCC(C(=O)NC4CCC(NC(=O)CC[C@H](NC(=O)N[C@@H](CCC(=O)OC(C)(C)C)C(=O)OC(C)(C)C)C(=O)OC(C)(C)C)CC4)CC3)CC2)[C@H]1c1cccnc1. The summed E-state index contributed by atoms with van der Waals surface area (Å²) in [5, 5.41) is 17.5. The number of hydrogen-bond donors (Lipinski definition) is 6. The maximum atomic E-state index is 13.4. The molecule has 0 spiro atoms. The van der Waals surface area contributed by atoms with Crippen LogP contribution < -0.4 is 31.9 Å². The van der Waals surface area contributed by atoms with E-state index in [-0.39, 0.29) is 104 Å². The van der Waals surface area contributed by atoms with E-state index in [1.165, 1.54) is 0 Å². The molecule has 454 valence electrons. The Morgan fingerprint density at radius 1 is 0.617 bits per heavy atom. The molecule has 81 heavy (non-hydrogen) atoms. The molecule has 22 heteroatoms. The molecular formula is C59H94N8O14.